The molecule has 0 bridgehead atoms. The summed E-state index contributed by atoms with van der Waals surface area (Å²) in [6.07, 6.45) is 0.843. The largest absolute Gasteiger partial charge is 0.276 e. The molecule has 1 aromatic rings. The highest BCUT2D eigenvalue weighted by Gasteiger charge is 2.06. The Labute approximate surface area is 77.4 Å². The zero-order valence-electron chi connectivity index (χ0n) is 7.23. The van der Waals surface area contributed by atoms with E-state index in [0.717, 1.165) is 17.5 Å². The van der Waals surface area contributed by atoms with E-state index in [-0.39, 0.29) is 5.24 Å². The average Bonchev–Trinajstić information content (AvgIpc) is 2.03. The molecule has 0 aliphatic carbocycles. The van der Waals surface area contributed by atoms with E-state index in [4.69, 9.17) is 11.6 Å². The van der Waals surface area contributed by atoms with Gasteiger partial charge >= 0.3 is 0 Å². The minimum absolute atomic E-state index is 0.369. The van der Waals surface area contributed by atoms with Gasteiger partial charge in [0.25, 0.3) is 5.24 Å². The van der Waals surface area contributed by atoms with Crippen LogP contribution in [0.3, 0.4) is 0 Å². The van der Waals surface area contributed by atoms with Gasteiger partial charge in [-0.2, -0.15) is 0 Å². The molecule has 2 heteroatoms. The topological polar surface area (TPSA) is 17.1 Å². The highest BCUT2D eigenvalue weighted by molar-refractivity contribution is 6.67. The molecule has 64 valence electrons. The van der Waals surface area contributed by atoms with E-state index >= 15 is 0 Å². The van der Waals surface area contributed by atoms with Crippen LogP contribution >= 0.6 is 11.6 Å². The quantitative estimate of drug-likeness (QED) is 0.643. The molecule has 0 saturated heterocycles. The van der Waals surface area contributed by atoms with E-state index in [1.54, 1.807) is 6.07 Å². The number of hydrogen-bond donors (Lipinski definition) is 0. The summed E-state index contributed by atoms with van der Waals surface area (Å²) >= 11 is 5.40. The summed E-state index contributed by atoms with van der Waals surface area (Å²) < 4.78 is 0. The Kier molecular flexibility index (Phi) is 2.88. The third-order valence-corrected chi connectivity index (χ3v) is 2.06. The maximum absolute atomic E-state index is 10.9. The van der Waals surface area contributed by atoms with E-state index in [2.05, 4.69) is 0 Å². The molecule has 0 amide bonds. The van der Waals surface area contributed by atoms with Gasteiger partial charge in [-0.25, -0.2) is 0 Å². The van der Waals surface area contributed by atoms with Crippen LogP contribution in [0.4, 0.5) is 0 Å². The highest BCUT2D eigenvalue weighted by Crippen LogP contribution is 2.14. The molecule has 0 unspecified atom stereocenters. The molecule has 0 fully saturated rings. The van der Waals surface area contributed by atoms with Crippen molar-refractivity contribution in [3.63, 3.8) is 0 Å². The van der Waals surface area contributed by atoms with Crippen molar-refractivity contribution in [2.75, 3.05) is 0 Å². The second kappa shape index (κ2) is 3.72. The van der Waals surface area contributed by atoms with Gasteiger partial charge in [-0.1, -0.05) is 24.6 Å². The predicted octanol–water partition coefficient (Wildman–Crippen LogP) is 2.94. The van der Waals surface area contributed by atoms with Crippen LogP contribution in [0.1, 0.15) is 28.4 Å². The van der Waals surface area contributed by atoms with Gasteiger partial charge in [0, 0.05) is 5.56 Å². The molecule has 1 rings (SSSR count). The maximum Gasteiger partial charge on any atom is 0.252 e. The molecule has 0 saturated carbocycles. The normalized spacial score (nSPS) is 9.92. The summed E-state index contributed by atoms with van der Waals surface area (Å²) in [4.78, 5) is 10.9. The van der Waals surface area contributed by atoms with Gasteiger partial charge in [0.1, 0.15) is 0 Å². The van der Waals surface area contributed by atoms with Crippen LogP contribution in [0, 0.1) is 6.92 Å². The molecule has 1 nitrogen and oxygen atoms in total. The molecule has 0 atom stereocenters. The fraction of sp³-hybridized carbons (Fsp3) is 0.300. The fourth-order valence-corrected chi connectivity index (χ4v) is 1.39. The number of carbonyl (C=O) groups is 1. The first-order chi connectivity index (χ1) is 5.65. The van der Waals surface area contributed by atoms with Crippen molar-refractivity contribution in [1.82, 2.24) is 0 Å². The second-order valence-corrected chi connectivity index (χ2v) is 3.13. The smallest absolute Gasteiger partial charge is 0.252 e. The Morgan fingerprint density at radius 2 is 2.17 bits per heavy atom. The SMILES string of the molecule is CCc1cc(C)ccc1C(=O)Cl. The van der Waals surface area contributed by atoms with Gasteiger partial charge < -0.3 is 0 Å². The molecule has 0 spiro atoms. The first-order valence-corrected chi connectivity index (χ1v) is 4.32. The number of rotatable bonds is 2. The molecule has 0 N–H and O–H groups in total. The minimum atomic E-state index is -0.369. The van der Waals surface area contributed by atoms with Crippen molar-refractivity contribution in [3.8, 4) is 0 Å². The van der Waals surface area contributed by atoms with E-state index in [0.29, 0.717) is 5.56 Å². The van der Waals surface area contributed by atoms with E-state index < -0.39 is 0 Å². The standard InChI is InChI=1S/C10H11ClO/c1-3-8-6-7(2)4-5-9(8)10(11)12/h4-6H,3H2,1-2H3. The summed E-state index contributed by atoms with van der Waals surface area (Å²) in [5, 5.41) is -0.369. The summed E-state index contributed by atoms with van der Waals surface area (Å²) in [6, 6.07) is 5.67. The summed E-state index contributed by atoms with van der Waals surface area (Å²) in [5.41, 5.74) is 2.81. The molecule has 0 aliphatic heterocycles. The van der Waals surface area contributed by atoms with Crippen LogP contribution in [0.2, 0.25) is 0 Å². The minimum Gasteiger partial charge on any atom is -0.276 e. The van der Waals surface area contributed by atoms with E-state index in [1.807, 2.05) is 26.0 Å². The third-order valence-electron chi connectivity index (χ3n) is 1.85. The van der Waals surface area contributed by atoms with Crippen molar-refractivity contribution < 1.29 is 4.79 Å². The maximum atomic E-state index is 10.9. The zero-order valence-corrected chi connectivity index (χ0v) is 7.98. The Balaban J connectivity index is 3.20. The lowest BCUT2D eigenvalue weighted by Gasteiger charge is -2.03. The monoisotopic (exact) mass is 182 g/mol. The molecule has 0 radical (unpaired) electrons. The lowest BCUT2D eigenvalue weighted by Crippen LogP contribution is -1.96. The van der Waals surface area contributed by atoms with Crippen molar-refractivity contribution >= 4 is 16.8 Å². The van der Waals surface area contributed by atoms with E-state index in [1.165, 1.54) is 0 Å². The van der Waals surface area contributed by atoms with Crippen molar-refractivity contribution in [2.45, 2.75) is 20.3 Å². The first-order valence-electron chi connectivity index (χ1n) is 3.94. The number of aryl methyl sites for hydroxylation is 2. The van der Waals surface area contributed by atoms with Gasteiger partial charge in [-0.15, -0.1) is 0 Å². The summed E-state index contributed by atoms with van der Waals surface area (Å²) in [6.45, 7) is 4.01. The molecule has 0 aromatic heterocycles. The van der Waals surface area contributed by atoms with Gasteiger partial charge in [-0.3, -0.25) is 4.79 Å². The Bertz CT molecular complexity index is 305. The molecule has 0 aliphatic rings. The fourth-order valence-electron chi connectivity index (χ4n) is 1.21. The highest BCUT2D eigenvalue weighted by atomic mass is 35.5. The molecular formula is C10H11ClO. The van der Waals surface area contributed by atoms with Crippen LogP contribution in [-0.4, -0.2) is 5.24 Å². The lowest BCUT2D eigenvalue weighted by molar-refractivity contribution is 0.108. The number of halogens is 1. The Morgan fingerprint density at radius 1 is 1.50 bits per heavy atom. The summed E-state index contributed by atoms with van der Waals surface area (Å²) in [5.74, 6) is 0. The van der Waals surface area contributed by atoms with Crippen LogP contribution < -0.4 is 0 Å². The van der Waals surface area contributed by atoms with Gasteiger partial charge in [0.2, 0.25) is 0 Å². The van der Waals surface area contributed by atoms with Crippen LogP contribution in [-0.2, 0) is 6.42 Å². The van der Waals surface area contributed by atoms with Gasteiger partial charge in [0.05, 0.1) is 0 Å². The van der Waals surface area contributed by atoms with E-state index in [9.17, 15) is 4.79 Å². The first kappa shape index (κ1) is 9.27. The van der Waals surface area contributed by atoms with Crippen LogP contribution in [0.5, 0.6) is 0 Å². The predicted molar refractivity (Wildman–Crippen MR) is 50.7 cm³/mol. The Hall–Kier alpha value is -0.820. The number of hydrogen-bond acceptors (Lipinski definition) is 1. The number of carbonyl (C=O) groups excluding carboxylic acids is 1. The van der Waals surface area contributed by atoms with Gasteiger partial charge in [-0.05, 0) is 36.6 Å². The van der Waals surface area contributed by atoms with Crippen molar-refractivity contribution in [2.24, 2.45) is 0 Å². The van der Waals surface area contributed by atoms with Crippen LogP contribution in [0.25, 0.3) is 0 Å². The molecular weight excluding hydrogens is 172 g/mol. The lowest BCUT2D eigenvalue weighted by atomic mass is 10.0. The van der Waals surface area contributed by atoms with Gasteiger partial charge in [0.15, 0.2) is 0 Å². The molecule has 12 heavy (non-hydrogen) atoms. The Morgan fingerprint density at radius 3 is 2.67 bits per heavy atom. The van der Waals surface area contributed by atoms with Crippen molar-refractivity contribution in [1.29, 1.82) is 0 Å². The molecule has 1 aromatic carbocycles. The summed E-state index contributed by atoms with van der Waals surface area (Å²) in [7, 11) is 0. The molecule has 0 heterocycles. The average molecular weight is 183 g/mol. The zero-order chi connectivity index (χ0) is 9.14. The number of benzene rings is 1. The second-order valence-electron chi connectivity index (χ2n) is 2.79. The third kappa shape index (κ3) is 1.86. The van der Waals surface area contributed by atoms with Crippen LogP contribution in [0.15, 0.2) is 18.2 Å². The van der Waals surface area contributed by atoms with Crippen molar-refractivity contribution in [3.05, 3.63) is 34.9 Å².